The molecular weight excluding hydrogens is 390 g/mol. The Morgan fingerprint density at radius 1 is 1.00 bits per heavy atom. The molecule has 158 valence electrons. The molecule has 2 saturated carbocycles. The molecule has 0 aromatic heterocycles. The van der Waals surface area contributed by atoms with E-state index in [1.54, 1.807) is 31.4 Å². The van der Waals surface area contributed by atoms with Gasteiger partial charge < -0.3 is 9.47 Å². The summed E-state index contributed by atoms with van der Waals surface area (Å²) in [6, 6.07) is 12.6. The van der Waals surface area contributed by atoms with Crippen molar-refractivity contribution in [2.75, 3.05) is 7.11 Å². The molecule has 31 heavy (non-hydrogen) atoms. The Morgan fingerprint density at radius 2 is 1.65 bits per heavy atom. The zero-order chi connectivity index (χ0) is 21.6. The van der Waals surface area contributed by atoms with Crippen molar-refractivity contribution in [2.24, 2.45) is 0 Å². The molecule has 2 aromatic rings. The first-order valence-corrected chi connectivity index (χ1v) is 10.9. The van der Waals surface area contributed by atoms with Crippen LogP contribution in [0.3, 0.4) is 0 Å². The first kappa shape index (κ1) is 19.7. The van der Waals surface area contributed by atoms with Crippen molar-refractivity contribution in [1.29, 1.82) is 0 Å². The number of ether oxygens (including phenoxy) is 2. The highest BCUT2D eigenvalue weighted by Gasteiger charge is 2.52. The lowest BCUT2D eigenvalue weighted by Crippen LogP contribution is -2.54. The lowest BCUT2D eigenvalue weighted by molar-refractivity contribution is 0.0424. The van der Waals surface area contributed by atoms with Gasteiger partial charge in [0.1, 0.15) is 0 Å². The molecule has 1 heterocycles. The summed E-state index contributed by atoms with van der Waals surface area (Å²) < 4.78 is 11.7. The molecule has 1 aliphatic heterocycles. The molecule has 2 amide bonds. The largest absolute Gasteiger partial charge is 0.493 e. The first-order valence-electron chi connectivity index (χ1n) is 10.9. The number of hydrogen-bond acceptors (Lipinski definition) is 4. The van der Waals surface area contributed by atoms with Crippen LogP contribution in [0.2, 0.25) is 0 Å². The molecule has 0 N–H and O–H groups in total. The summed E-state index contributed by atoms with van der Waals surface area (Å²) >= 11 is 0. The fourth-order valence-electron chi connectivity index (χ4n) is 5.16. The number of amides is 2. The number of carbonyl (C=O) groups excluding carboxylic acids is 2. The number of rotatable bonds is 5. The van der Waals surface area contributed by atoms with E-state index in [1.165, 1.54) is 17.7 Å². The molecule has 3 aliphatic rings. The molecule has 5 nitrogen and oxygen atoms in total. The number of nitrogens with zero attached hydrogens (tertiary/aromatic N) is 1. The van der Waals surface area contributed by atoms with Gasteiger partial charge in [0, 0.05) is 6.04 Å². The van der Waals surface area contributed by atoms with E-state index in [4.69, 9.17) is 15.9 Å². The van der Waals surface area contributed by atoms with Crippen LogP contribution in [-0.2, 0) is 5.41 Å². The number of benzene rings is 2. The number of methoxy groups -OCH3 is 1. The van der Waals surface area contributed by atoms with E-state index in [9.17, 15) is 9.59 Å². The summed E-state index contributed by atoms with van der Waals surface area (Å²) in [6.45, 7) is 0. The second kappa shape index (κ2) is 7.46. The van der Waals surface area contributed by atoms with Gasteiger partial charge in [-0.15, -0.1) is 6.42 Å². The van der Waals surface area contributed by atoms with E-state index in [1.807, 2.05) is 18.2 Å². The zero-order valence-electron chi connectivity index (χ0n) is 17.6. The van der Waals surface area contributed by atoms with Crippen molar-refractivity contribution < 1.29 is 19.1 Å². The Kier molecular flexibility index (Phi) is 4.74. The van der Waals surface area contributed by atoms with Crippen LogP contribution >= 0.6 is 0 Å². The smallest absolute Gasteiger partial charge is 0.261 e. The van der Waals surface area contributed by atoms with Crippen LogP contribution in [0.15, 0.2) is 42.5 Å². The summed E-state index contributed by atoms with van der Waals surface area (Å²) in [4.78, 5) is 27.0. The fraction of sp³-hybridized carbons (Fsp3) is 0.385. The van der Waals surface area contributed by atoms with Crippen LogP contribution < -0.4 is 9.47 Å². The molecule has 0 atom stereocenters. The van der Waals surface area contributed by atoms with E-state index >= 15 is 0 Å². The monoisotopic (exact) mass is 415 g/mol. The van der Waals surface area contributed by atoms with Gasteiger partial charge in [0.15, 0.2) is 11.5 Å². The van der Waals surface area contributed by atoms with Gasteiger partial charge in [-0.1, -0.05) is 24.1 Å². The predicted octanol–water partition coefficient (Wildman–Crippen LogP) is 4.35. The molecule has 2 aliphatic carbocycles. The molecular formula is C26H25NO4. The summed E-state index contributed by atoms with van der Waals surface area (Å²) in [6.07, 6.45) is 11.8. The second-order valence-electron chi connectivity index (χ2n) is 8.70. The normalized spacial score (nSPS) is 25.2. The Hall–Kier alpha value is -3.26. The average molecular weight is 415 g/mol. The van der Waals surface area contributed by atoms with Gasteiger partial charge in [-0.05, 0) is 68.4 Å². The molecule has 2 aromatic carbocycles. The zero-order valence-corrected chi connectivity index (χ0v) is 17.6. The summed E-state index contributed by atoms with van der Waals surface area (Å²) in [7, 11) is 1.63. The highest BCUT2D eigenvalue weighted by Crippen LogP contribution is 2.49. The SMILES string of the molecule is C#C[C@]1(c2ccc(OC)c(OC3CCCC3)c2)C[C@H](N2C(=O)c3ccccc3C2=O)C1. The molecule has 0 radical (unpaired) electrons. The lowest BCUT2D eigenvalue weighted by atomic mass is 9.61. The number of hydrogen-bond donors (Lipinski definition) is 0. The topological polar surface area (TPSA) is 55.8 Å². The Morgan fingerprint density at radius 3 is 2.23 bits per heavy atom. The van der Waals surface area contributed by atoms with E-state index in [2.05, 4.69) is 5.92 Å². The number of terminal acetylenes is 1. The second-order valence-corrected chi connectivity index (χ2v) is 8.70. The van der Waals surface area contributed by atoms with E-state index < -0.39 is 5.41 Å². The van der Waals surface area contributed by atoms with Crippen molar-refractivity contribution in [2.45, 2.75) is 56.1 Å². The maximum absolute atomic E-state index is 12.8. The summed E-state index contributed by atoms with van der Waals surface area (Å²) in [5.74, 6) is 3.90. The van der Waals surface area contributed by atoms with Gasteiger partial charge >= 0.3 is 0 Å². The lowest BCUT2D eigenvalue weighted by Gasteiger charge is -2.47. The molecule has 2 fully saturated rings. The predicted molar refractivity (Wildman–Crippen MR) is 116 cm³/mol. The van der Waals surface area contributed by atoms with Crippen LogP contribution in [0, 0.1) is 12.3 Å². The third kappa shape index (κ3) is 3.09. The quantitative estimate of drug-likeness (QED) is 0.538. The van der Waals surface area contributed by atoms with E-state index in [0.29, 0.717) is 35.5 Å². The molecule has 0 bridgehead atoms. The van der Waals surface area contributed by atoms with Gasteiger partial charge in [-0.25, -0.2) is 0 Å². The molecule has 5 heteroatoms. The van der Waals surface area contributed by atoms with Gasteiger partial charge in [-0.2, -0.15) is 0 Å². The molecule has 0 saturated heterocycles. The maximum atomic E-state index is 12.8. The number of fused-ring (bicyclic) bond motifs is 1. The third-order valence-electron chi connectivity index (χ3n) is 6.95. The summed E-state index contributed by atoms with van der Waals surface area (Å²) in [5.41, 5.74) is 1.39. The van der Waals surface area contributed by atoms with Crippen LogP contribution in [0.1, 0.15) is 64.8 Å². The van der Waals surface area contributed by atoms with E-state index in [-0.39, 0.29) is 24.0 Å². The minimum atomic E-state index is -0.528. The van der Waals surface area contributed by atoms with Gasteiger partial charge in [0.25, 0.3) is 11.8 Å². The van der Waals surface area contributed by atoms with Crippen molar-refractivity contribution in [3.63, 3.8) is 0 Å². The van der Waals surface area contributed by atoms with Crippen LogP contribution in [0.4, 0.5) is 0 Å². The van der Waals surface area contributed by atoms with Gasteiger partial charge in [-0.3, -0.25) is 14.5 Å². The molecule has 5 rings (SSSR count). The number of imide groups is 1. The average Bonchev–Trinajstić information content (AvgIpc) is 3.36. The minimum Gasteiger partial charge on any atom is -0.493 e. The minimum absolute atomic E-state index is 0.204. The van der Waals surface area contributed by atoms with Crippen LogP contribution in [0.5, 0.6) is 11.5 Å². The first-order chi connectivity index (χ1) is 15.1. The highest BCUT2D eigenvalue weighted by atomic mass is 16.5. The van der Waals surface area contributed by atoms with Crippen LogP contribution in [-0.4, -0.2) is 36.0 Å². The van der Waals surface area contributed by atoms with Crippen LogP contribution in [0.25, 0.3) is 0 Å². The van der Waals surface area contributed by atoms with Gasteiger partial charge in [0.2, 0.25) is 0 Å². The molecule has 0 spiro atoms. The van der Waals surface area contributed by atoms with Crippen molar-refractivity contribution in [3.8, 4) is 23.8 Å². The van der Waals surface area contributed by atoms with Crippen molar-refractivity contribution in [3.05, 3.63) is 59.2 Å². The van der Waals surface area contributed by atoms with E-state index in [0.717, 1.165) is 18.4 Å². The fourth-order valence-corrected chi connectivity index (χ4v) is 5.16. The van der Waals surface area contributed by atoms with Crippen molar-refractivity contribution >= 4 is 11.8 Å². The van der Waals surface area contributed by atoms with Crippen molar-refractivity contribution in [1.82, 2.24) is 4.90 Å². The Labute approximate surface area is 182 Å². The Balaban J connectivity index is 1.38. The highest BCUT2D eigenvalue weighted by molar-refractivity contribution is 6.21. The number of carbonyl (C=O) groups is 2. The third-order valence-corrected chi connectivity index (χ3v) is 6.95. The standard InChI is InChI=1S/C26H25NO4/c1-3-26(17-12-13-22(30-2)23(14-17)31-19-8-4-5-9-19)15-18(16-26)27-24(28)20-10-6-7-11-21(20)25(27)29/h1,6-7,10-14,18-19H,4-5,8-9,15-16H2,2H3/t18-,26-. The maximum Gasteiger partial charge on any atom is 0.261 e. The van der Waals surface area contributed by atoms with Gasteiger partial charge in [0.05, 0.1) is 29.8 Å². The Bertz CT molecular complexity index is 1050. The molecule has 0 unspecified atom stereocenters. The summed E-state index contributed by atoms with van der Waals surface area (Å²) in [5, 5.41) is 0.